The molecule has 0 radical (unpaired) electrons. The van der Waals surface area contributed by atoms with Crippen molar-refractivity contribution in [3.63, 3.8) is 0 Å². The van der Waals surface area contributed by atoms with Crippen LogP contribution in [0.1, 0.15) is 34.1 Å². The van der Waals surface area contributed by atoms with Crippen LogP contribution in [0.15, 0.2) is 188 Å². The lowest BCUT2D eigenvalue weighted by Crippen LogP contribution is -2.21. The van der Waals surface area contributed by atoms with Crippen molar-refractivity contribution in [2.24, 2.45) is 20.0 Å². The van der Waals surface area contributed by atoms with Crippen molar-refractivity contribution in [3.8, 4) is 28.7 Å². The average Bonchev–Trinajstić information content (AvgIpc) is 4.02. The van der Waals surface area contributed by atoms with Crippen molar-refractivity contribution in [1.82, 2.24) is 0 Å². The molecule has 0 spiro atoms. The van der Waals surface area contributed by atoms with Crippen LogP contribution in [0.4, 0.5) is 17.6 Å². The van der Waals surface area contributed by atoms with Gasteiger partial charge in [-0.3, -0.25) is 0 Å². The van der Waals surface area contributed by atoms with Crippen LogP contribution in [-0.4, -0.2) is 76.8 Å². The SMILES string of the molecule is Oc1cccc(C2=C3C=CC(=N3)C(c3cccc(O)c3)=C3C=CC(=N3)C(c3c(F)c(F)c(OCC4COC(c5ccc(OCC6CO6)cc5)O4)c(F)c3F)=C3C=CC(=N3)C(c3cccc(O)c3)=C3C=CC2=N3)c1. The highest BCUT2D eigenvalue weighted by Gasteiger charge is 2.36. The number of phenolic OH excluding ortho intramolecular Hbond substituents is 3. The molecule has 5 aromatic rings. The number of ether oxygens (including phenoxy) is 5. The smallest absolute Gasteiger partial charge is 0.204 e. The molecular formula is C57H38F4N4O8. The van der Waals surface area contributed by atoms with Crippen molar-refractivity contribution in [1.29, 1.82) is 0 Å². The molecule has 2 fully saturated rings. The number of hydrogen-bond donors (Lipinski definition) is 3. The molecule has 5 aromatic carbocycles. The van der Waals surface area contributed by atoms with Crippen LogP contribution >= 0.6 is 0 Å². The molecule has 0 amide bonds. The molecular weight excluding hydrogens is 945 g/mol. The van der Waals surface area contributed by atoms with Crippen molar-refractivity contribution < 1.29 is 56.6 Å². The molecule has 8 bridgehead atoms. The molecule has 12 nitrogen and oxygen atoms in total. The van der Waals surface area contributed by atoms with Gasteiger partial charge in [0.15, 0.2) is 23.7 Å². The number of nitrogens with zero attached hydrogens (tertiary/aromatic N) is 4. The third kappa shape index (κ3) is 8.71. The summed E-state index contributed by atoms with van der Waals surface area (Å²) in [6.45, 7) is 0.512. The zero-order chi connectivity index (χ0) is 49.9. The first-order chi connectivity index (χ1) is 35.5. The van der Waals surface area contributed by atoms with Gasteiger partial charge < -0.3 is 39.0 Å². The summed E-state index contributed by atoms with van der Waals surface area (Å²) in [6.07, 6.45) is 11.4. The van der Waals surface area contributed by atoms with Gasteiger partial charge in [-0.25, -0.2) is 28.8 Å². The number of fused-ring (bicyclic) bond motifs is 4. The minimum absolute atomic E-state index is 0.00539. The van der Waals surface area contributed by atoms with Crippen LogP contribution in [0.25, 0.3) is 22.3 Å². The Kier molecular flexibility index (Phi) is 11.5. The van der Waals surface area contributed by atoms with Crippen LogP contribution < -0.4 is 9.47 Å². The van der Waals surface area contributed by atoms with E-state index in [0.29, 0.717) is 80.8 Å². The number of halogens is 4. The Hall–Kier alpha value is -8.70. The Morgan fingerprint density at radius 2 is 0.877 bits per heavy atom. The van der Waals surface area contributed by atoms with Gasteiger partial charge in [0, 0.05) is 27.9 Å². The molecule has 16 heteroatoms. The molecule has 3 unspecified atom stereocenters. The summed E-state index contributed by atoms with van der Waals surface area (Å²) in [5, 5.41) is 32.0. The fraction of sp³-hybridized carbons (Fsp3) is 0.123. The molecule has 3 N–H and O–H groups in total. The maximum absolute atomic E-state index is 17.0. The third-order valence-corrected chi connectivity index (χ3v) is 12.6. The zero-order valence-electron chi connectivity index (χ0n) is 38.1. The number of aromatic hydroxyl groups is 3. The first-order valence-corrected chi connectivity index (χ1v) is 23.1. The van der Waals surface area contributed by atoms with Gasteiger partial charge in [-0.05, 0) is 114 Å². The molecule has 0 aromatic heterocycles. The second-order valence-corrected chi connectivity index (χ2v) is 17.5. The highest BCUT2D eigenvalue weighted by atomic mass is 19.2. The first kappa shape index (κ1) is 45.4. The molecule has 0 saturated carbocycles. The topological polar surface area (TPSA) is 160 Å². The summed E-state index contributed by atoms with van der Waals surface area (Å²) in [5.74, 6) is -8.00. The van der Waals surface area contributed by atoms with E-state index in [1.807, 2.05) is 6.07 Å². The quantitative estimate of drug-likeness (QED) is 0.0670. The van der Waals surface area contributed by atoms with Gasteiger partial charge in [-0.1, -0.05) is 48.5 Å². The number of allylic oxidation sites excluding steroid dienone is 12. The van der Waals surface area contributed by atoms with E-state index in [-0.39, 0.29) is 52.8 Å². The minimum atomic E-state index is -1.81. The van der Waals surface area contributed by atoms with Crippen molar-refractivity contribution in [2.45, 2.75) is 18.5 Å². The van der Waals surface area contributed by atoms with E-state index in [4.69, 9.17) is 43.7 Å². The van der Waals surface area contributed by atoms with Gasteiger partial charge in [0.2, 0.25) is 11.6 Å². The minimum Gasteiger partial charge on any atom is -0.508 e. The number of phenols is 3. The molecule has 362 valence electrons. The first-order valence-electron chi connectivity index (χ1n) is 23.1. The summed E-state index contributed by atoms with van der Waals surface area (Å²) in [5.41, 5.74) is 3.76. The van der Waals surface area contributed by atoms with E-state index in [0.717, 1.165) is 0 Å². The Bertz CT molecular complexity index is 3520. The number of aliphatic imine (C=N–C) groups is 4. The maximum atomic E-state index is 17.0. The van der Waals surface area contributed by atoms with Crippen LogP contribution in [0.5, 0.6) is 28.7 Å². The number of epoxide rings is 1. The van der Waals surface area contributed by atoms with Gasteiger partial charge >= 0.3 is 0 Å². The largest absolute Gasteiger partial charge is 0.508 e. The van der Waals surface area contributed by atoms with Crippen LogP contribution in [0, 0.1) is 23.3 Å². The van der Waals surface area contributed by atoms with Gasteiger partial charge in [-0.2, -0.15) is 8.78 Å². The predicted octanol–water partition coefficient (Wildman–Crippen LogP) is 10.6. The Balaban J connectivity index is 0.978. The fourth-order valence-corrected chi connectivity index (χ4v) is 9.13. The normalized spacial score (nSPS) is 20.6. The van der Waals surface area contributed by atoms with E-state index in [9.17, 15) is 15.3 Å². The van der Waals surface area contributed by atoms with Gasteiger partial charge in [0.1, 0.15) is 48.4 Å². The van der Waals surface area contributed by atoms with Crippen LogP contribution in [0.3, 0.4) is 0 Å². The van der Waals surface area contributed by atoms with E-state index in [2.05, 4.69) is 0 Å². The molecule has 2 saturated heterocycles. The second-order valence-electron chi connectivity index (χ2n) is 17.5. The lowest BCUT2D eigenvalue weighted by Gasteiger charge is -2.17. The zero-order valence-corrected chi connectivity index (χ0v) is 38.1. The highest BCUT2D eigenvalue weighted by Crippen LogP contribution is 2.43. The maximum Gasteiger partial charge on any atom is 0.204 e. The van der Waals surface area contributed by atoms with Gasteiger partial charge in [-0.15, -0.1) is 0 Å². The number of benzene rings is 5. The average molecular weight is 983 g/mol. The summed E-state index contributed by atoms with van der Waals surface area (Å²) in [6, 6.07) is 26.3. The Morgan fingerprint density at radius 1 is 0.466 bits per heavy atom. The summed E-state index contributed by atoms with van der Waals surface area (Å²) in [4.78, 5) is 19.9. The van der Waals surface area contributed by atoms with Crippen molar-refractivity contribution >= 4 is 45.1 Å². The number of hydrogen-bond acceptors (Lipinski definition) is 12. The van der Waals surface area contributed by atoms with E-state index in [1.54, 1.807) is 103 Å². The lowest BCUT2D eigenvalue weighted by atomic mass is 9.96. The van der Waals surface area contributed by atoms with E-state index < -0.39 is 59.2 Å². The predicted molar refractivity (Wildman–Crippen MR) is 265 cm³/mol. The lowest BCUT2D eigenvalue weighted by molar-refractivity contribution is -0.0662. The summed E-state index contributed by atoms with van der Waals surface area (Å²) in [7, 11) is 0. The van der Waals surface area contributed by atoms with Crippen LogP contribution in [0.2, 0.25) is 0 Å². The number of rotatable bonds is 11. The molecule has 73 heavy (non-hydrogen) atoms. The third-order valence-electron chi connectivity index (χ3n) is 12.6. The molecule has 7 aliphatic heterocycles. The van der Waals surface area contributed by atoms with Crippen molar-refractivity contribution in [3.05, 3.63) is 220 Å². The standard InChI is InChI=1S/C57H38F4N4O8/c58-52-51(53(59)55(61)56(54(52)60)71-27-38-28-72-57(73-38)29-10-12-36(13-11-29)69-25-37-26-70-37)50-45-20-18-43(64-45)48(31-5-2-8-34(67)23-31)41-16-14-39(62-41)47(30-4-1-7-33(66)22-30)40-15-17-42(63-40)49(44-19-21-46(50)65-44)32-6-3-9-35(68)24-32/h1-24,37-38,57,66-68H,25-28H2. The second kappa shape index (κ2) is 18.5. The Labute approximate surface area is 413 Å². The van der Waals surface area contributed by atoms with E-state index >= 15 is 17.6 Å². The molecule has 7 heterocycles. The molecule has 12 rings (SSSR count). The highest BCUT2D eigenvalue weighted by molar-refractivity contribution is 6.39. The summed E-state index contributed by atoms with van der Waals surface area (Å²) < 4.78 is 95.0. The molecule has 0 aliphatic carbocycles. The van der Waals surface area contributed by atoms with Gasteiger partial charge in [0.25, 0.3) is 0 Å². The monoisotopic (exact) mass is 982 g/mol. The fourth-order valence-electron chi connectivity index (χ4n) is 9.13. The van der Waals surface area contributed by atoms with Crippen LogP contribution in [-0.2, 0) is 14.2 Å². The molecule has 7 aliphatic rings. The van der Waals surface area contributed by atoms with Gasteiger partial charge in [0.05, 0.1) is 64.4 Å². The Morgan fingerprint density at radius 3 is 1.32 bits per heavy atom. The molecule has 3 atom stereocenters. The van der Waals surface area contributed by atoms with E-state index in [1.165, 1.54) is 36.4 Å². The summed E-state index contributed by atoms with van der Waals surface area (Å²) >= 11 is 0. The van der Waals surface area contributed by atoms with Crippen molar-refractivity contribution in [2.75, 3.05) is 26.4 Å².